The first-order valence-electron chi connectivity index (χ1n) is 5.39. The summed E-state index contributed by atoms with van der Waals surface area (Å²) in [5.41, 5.74) is 0.463. The van der Waals surface area contributed by atoms with Gasteiger partial charge in [-0.15, -0.1) is 0 Å². The molecule has 0 aromatic heterocycles. The Hall–Kier alpha value is -1.30. The Morgan fingerprint density at radius 2 is 1.95 bits per heavy atom. The average molecular weight is 306 g/mol. The van der Waals surface area contributed by atoms with Crippen LogP contribution in [0, 0.1) is 0 Å². The van der Waals surface area contributed by atoms with Gasteiger partial charge in [-0.05, 0) is 17.7 Å². The van der Waals surface area contributed by atoms with E-state index in [4.69, 9.17) is 33.0 Å². The summed E-state index contributed by atoms with van der Waals surface area (Å²) < 4.78 is 4.72. The maximum absolute atomic E-state index is 11.8. The summed E-state index contributed by atoms with van der Waals surface area (Å²) in [4.78, 5) is 22.6. The van der Waals surface area contributed by atoms with Crippen LogP contribution in [0.4, 0.5) is 0 Å². The summed E-state index contributed by atoms with van der Waals surface area (Å²) in [6.45, 7) is -0.114. The molecule has 0 heterocycles. The summed E-state index contributed by atoms with van der Waals surface area (Å²) >= 11 is 11.9. The molecule has 0 spiro atoms. The van der Waals surface area contributed by atoms with E-state index in [0.717, 1.165) is 0 Å². The maximum atomic E-state index is 11.8. The number of hydrogen-bond acceptors (Lipinski definition) is 3. The van der Waals surface area contributed by atoms with Crippen molar-refractivity contribution in [2.75, 3.05) is 13.7 Å². The van der Waals surface area contributed by atoms with E-state index in [-0.39, 0.29) is 13.0 Å². The number of carbonyl (C=O) groups excluding carboxylic acids is 1. The minimum Gasteiger partial charge on any atom is -0.480 e. The molecule has 1 aromatic rings. The molecule has 104 valence electrons. The van der Waals surface area contributed by atoms with Gasteiger partial charge in [-0.2, -0.15) is 0 Å². The minimum atomic E-state index is -1.17. The number of carbonyl (C=O) groups is 2. The van der Waals surface area contributed by atoms with E-state index >= 15 is 0 Å². The average Bonchev–Trinajstić information content (AvgIpc) is 2.33. The number of carboxylic acids is 1. The summed E-state index contributed by atoms with van der Waals surface area (Å²) in [6.07, 6.45) is -0.0913. The number of nitrogens with one attached hydrogen (secondary N) is 1. The van der Waals surface area contributed by atoms with Crippen molar-refractivity contribution in [3.63, 3.8) is 0 Å². The number of benzene rings is 1. The van der Waals surface area contributed by atoms with E-state index in [9.17, 15) is 9.59 Å². The van der Waals surface area contributed by atoms with Crippen LogP contribution in [0.25, 0.3) is 0 Å². The maximum Gasteiger partial charge on any atom is 0.328 e. The molecular weight excluding hydrogens is 293 g/mol. The number of ether oxygens (including phenoxy) is 1. The molecule has 0 bridgehead atoms. The van der Waals surface area contributed by atoms with Crippen LogP contribution >= 0.6 is 23.2 Å². The van der Waals surface area contributed by atoms with Crippen molar-refractivity contribution in [3.05, 3.63) is 33.8 Å². The molecule has 1 atom stereocenters. The van der Waals surface area contributed by atoms with E-state index in [1.807, 2.05) is 0 Å². The Kier molecular flexibility index (Phi) is 6.08. The van der Waals surface area contributed by atoms with Gasteiger partial charge in [0.25, 0.3) is 0 Å². The molecule has 0 radical (unpaired) electrons. The summed E-state index contributed by atoms with van der Waals surface area (Å²) in [5, 5.41) is 11.9. The van der Waals surface area contributed by atoms with Gasteiger partial charge in [0.1, 0.15) is 0 Å². The fourth-order valence-electron chi connectivity index (χ4n) is 1.45. The van der Waals surface area contributed by atoms with Gasteiger partial charge < -0.3 is 15.2 Å². The van der Waals surface area contributed by atoms with E-state index in [1.54, 1.807) is 18.2 Å². The molecule has 1 aromatic carbocycles. The van der Waals surface area contributed by atoms with Crippen molar-refractivity contribution < 1.29 is 19.4 Å². The third-order valence-electron chi connectivity index (χ3n) is 2.37. The van der Waals surface area contributed by atoms with Gasteiger partial charge in [0.15, 0.2) is 6.04 Å². The molecule has 0 fully saturated rings. The SMILES string of the molecule is COCC(NC(=O)Cc1c(Cl)cccc1Cl)C(=O)O. The van der Waals surface area contributed by atoms with Gasteiger partial charge in [0.2, 0.25) is 5.91 Å². The summed E-state index contributed by atoms with van der Waals surface area (Å²) in [6, 6.07) is 3.79. The molecule has 2 N–H and O–H groups in total. The highest BCUT2D eigenvalue weighted by atomic mass is 35.5. The Balaban J connectivity index is 2.72. The van der Waals surface area contributed by atoms with Crippen molar-refractivity contribution in [1.29, 1.82) is 0 Å². The fraction of sp³-hybridized carbons (Fsp3) is 0.333. The van der Waals surface area contributed by atoms with Crippen molar-refractivity contribution in [3.8, 4) is 0 Å². The quantitative estimate of drug-likeness (QED) is 0.839. The highest BCUT2D eigenvalue weighted by molar-refractivity contribution is 6.36. The molecule has 7 heteroatoms. The standard InChI is InChI=1S/C12H13Cl2NO4/c1-19-6-10(12(17)18)15-11(16)5-7-8(13)3-2-4-9(7)14/h2-4,10H,5-6H2,1H3,(H,15,16)(H,17,18). The van der Waals surface area contributed by atoms with Crippen LogP contribution in [0.1, 0.15) is 5.56 Å². The van der Waals surface area contributed by atoms with Crippen LogP contribution < -0.4 is 5.32 Å². The molecule has 0 aliphatic heterocycles. The lowest BCUT2D eigenvalue weighted by Gasteiger charge is -2.14. The minimum absolute atomic E-state index is 0.0913. The number of hydrogen-bond donors (Lipinski definition) is 2. The molecule has 19 heavy (non-hydrogen) atoms. The molecule has 0 saturated carbocycles. The van der Waals surface area contributed by atoms with Crippen LogP contribution in [0.3, 0.4) is 0 Å². The van der Waals surface area contributed by atoms with Crippen molar-refractivity contribution >= 4 is 35.1 Å². The molecule has 1 unspecified atom stereocenters. The van der Waals surface area contributed by atoms with E-state index in [0.29, 0.717) is 15.6 Å². The Bertz CT molecular complexity index is 459. The zero-order chi connectivity index (χ0) is 14.4. The normalized spacial score (nSPS) is 11.9. The third kappa shape index (κ3) is 4.70. The Morgan fingerprint density at radius 3 is 2.42 bits per heavy atom. The van der Waals surface area contributed by atoms with Gasteiger partial charge in [0, 0.05) is 17.2 Å². The largest absolute Gasteiger partial charge is 0.480 e. The van der Waals surface area contributed by atoms with Crippen molar-refractivity contribution in [2.24, 2.45) is 0 Å². The van der Waals surface area contributed by atoms with Gasteiger partial charge in [0.05, 0.1) is 13.0 Å². The number of rotatable bonds is 6. The lowest BCUT2D eigenvalue weighted by molar-refractivity contribution is -0.143. The van der Waals surface area contributed by atoms with Gasteiger partial charge in [-0.1, -0.05) is 29.3 Å². The number of aliphatic carboxylic acids is 1. The highest BCUT2D eigenvalue weighted by Gasteiger charge is 2.20. The Labute approximate surface area is 120 Å². The van der Waals surface area contributed by atoms with Crippen molar-refractivity contribution in [2.45, 2.75) is 12.5 Å². The first-order valence-corrected chi connectivity index (χ1v) is 6.15. The van der Waals surface area contributed by atoms with E-state index < -0.39 is 17.9 Å². The molecule has 1 rings (SSSR count). The summed E-state index contributed by atoms with van der Waals surface area (Å²) in [5.74, 6) is -1.65. The van der Waals surface area contributed by atoms with E-state index in [1.165, 1.54) is 7.11 Å². The van der Waals surface area contributed by atoms with Gasteiger partial charge in [-0.25, -0.2) is 4.79 Å². The van der Waals surface area contributed by atoms with E-state index in [2.05, 4.69) is 5.32 Å². The topological polar surface area (TPSA) is 75.6 Å². The van der Waals surface area contributed by atoms with Crippen LogP contribution in [0.5, 0.6) is 0 Å². The molecule has 0 saturated heterocycles. The second kappa shape index (κ2) is 7.33. The predicted octanol–water partition coefficient (Wildman–Crippen LogP) is 1.75. The molecule has 1 amide bonds. The number of methoxy groups -OCH3 is 1. The molecule has 5 nitrogen and oxygen atoms in total. The fourth-order valence-corrected chi connectivity index (χ4v) is 1.98. The number of amides is 1. The van der Waals surface area contributed by atoms with Crippen molar-refractivity contribution in [1.82, 2.24) is 5.32 Å². The predicted molar refractivity (Wildman–Crippen MR) is 71.6 cm³/mol. The lowest BCUT2D eigenvalue weighted by atomic mass is 10.1. The molecular formula is C12H13Cl2NO4. The molecule has 0 aliphatic rings. The first-order chi connectivity index (χ1) is 8.95. The number of halogens is 2. The second-order valence-corrected chi connectivity index (χ2v) is 4.61. The second-order valence-electron chi connectivity index (χ2n) is 3.79. The zero-order valence-electron chi connectivity index (χ0n) is 10.2. The van der Waals surface area contributed by atoms with Crippen LogP contribution in [0.15, 0.2) is 18.2 Å². The van der Waals surface area contributed by atoms with Crippen LogP contribution in [0.2, 0.25) is 10.0 Å². The molecule has 0 aliphatic carbocycles. The first kappa shape index (κ1) is 15.8. The summed E-state index contributed by atoms with van der Waals surface area (Å²) in [7, 11) is 1.35. The highest BCUT2D eigenvalue weighted by Crippen LogP contribution is 2.24. The Morgan fingerprint density at radius 1 is 1.37 bits per heavy atom. The van der Waals surface area contributed by atoms with Crippen LogP contribution in [-0.2, 0) is 20.7 Å². The van der Waals surface area contributed by atoms with Gasteiger partial charge in [-0.3, -0.25) is 4.79 Å². The lowest BCUT2D eigenvalue weighted by Crippen LogP contribution is -2.44. The zero-order valence-corrected chi connectivity index (χ0v) is 11.7. The number of carboxylic acid groups (broad SMARTS) is 1. The van der Waals surface area contributed by atoms with Gasteiger partial charge >= 0.3 is 5.97 Å². The monoisotopic (exact) mass is 305 g/mol. The van der Waals surface area contributed by atoms with Crippen LogP contribution in [-0.4, -0.2) is 36.7 Å². The smallest absolute Gasteiger partial charge is 0.328 e. The third-order valence-corrected chi connectivity index (χ3v) is 3.07.